The fourth-order valence-electron chi connectivity index (χ4n) is 3.03. The van der Waals surface area contributed by atoms with Gasteiger partial charge in [0.2, 0.25) is 0 Å². The van der Waals surface area contributed by atoms with Crippen LogP contribution in [0.5, 0.6) is 11.5 Å². The molecule has 2 heterocycles. The minimum atomic E-state index is -0.538. The molecular formula is C17H14N2O4. The third-order valence-corrected chi connectivity index (χ3v) is 4.04. The van der Waals surface area contributed by atoms with Gasteiger partial charge in [-0.05, 0) is 19.1 Å². The van der Waals surface area contributed by atoms with Gasteiger partial charge < -0.3 is 20.1 Å². The molecule has 0 saturated carbocycles. The van der Waals surface area contributed by atoms with Gasteiger partial charge in [0.1, 0.15) is 11.5 Å². The molecule has 6 nitrogen and oxygen atoms in total. The Morgan fingerprint density at radius 3 is 2.17 bits per heavy atom. The summed E-state index contributed by atoms with van der Waals surface area (Å²) in [7, 11) is 0. The molecule has 0 bridgehead atoms. The first kappa shape index (κ1) is 13.6. The number of aryl methyl sites for hydroxylation is 1. The highest BCUT2D eigenvalue weighted by molar-refractivity contribution is 5.77. The molecule has 2 amide bonds. The zero-order valence-corrected chi connectivity index (χ0v) is 12.3. The fourth-order valence-corrected chi connectivity index (χ4v) is 3.03. The first-order valence-corrected chi connectivity index (χ1v) is 7.28. The molecule has 0 unspecified atom stereocenters. The summed E-state index contributed by atoms with van der Waals surface area (Å²) >= 11 is 0. The van der Waals surface area contributed by atoms with Crippen LogP contribution in [0.1, 0.15) is 28.8 Å². The summed E-state index contributed by atoms with van der Waals surface area (Å²) in [6.07, 6.45) is -1.08. The van der Waals surface area contributed by atoms with Crippen molar-refractivity contribution in [3.05, 3.63) is 59.2 Å². The highest BCUT2D eigenvalue weighted by atomic mass is 16.6. The quantitative estimate of drug-likeness (QED) is 0.849. The largest absolute Gasteiger partial charge is 0.413 e. The lowest BCUT2D eigenvalue weighted by molar-refractivity contribution is 0.168. The van der Waals surface area contributed by atoms with Crippen LogP contribution in [0.15, 0.2) is 42.5 Å². The second-order valence-corrected chi connectivity index (χ2v) is 5.60. The lowest BCUT2D eigenvalue weighted by atomic mass is 9.90. The van der Waals surface area contributed by atoms with Crippen molar-refractivity contribution >= 4 is 12.2 Å². The van der Waals surface area contributed by atoms with E-state index < -0.39 is 24.3 Å². The number of amides is 2. The Morgan fingerprint density at radius 1 is 0.826 bits per heavy atom. The molecule has 6 heteroatoms. The molecule has 2 aromatic rings. The molecule has 2 aliphatic rings. The van der Waals surface area contributed by atoms with E-state index in [4.69, 9.17) is 9.47 Å². The predicted octanol–water partition coefficient (Wildman–Crippen LogP) is 2.98. The maximum atomic E-state index is 11.9. The highest BCUT2D eigenvalue weighted by Crippen LogP contribution is 2.41. The molecule has 4 rings (SSSR count). The summed E-state index contributed by atoms with van der Waals surface area (Å²) in [4.78, 5) is 23.7. The summed E-state index contributed by atoms with van der Waals surface area (Å²) in [5.41, 5.74) is 2.68. The number of hydrogen-bond acceptors (Lipinski definition) is 4. The van der Waals surface area contributed by atoms with E-state index >= 15 is 0 Å². The van der Waals surface area contributed by atoms with Crippen LogP contribution in [0.4, 0.5) is 9.59 Å². The van der Waals surface area contributed by atoms with Gasteiger partial charge >= 0.3 is 12.2 Å². The van der Waals surface area contributed by atoms with E-state index in [0.717, 1.165) is 16.7 Å². The summed E-state index contributed by atoms with van der Waals surface area (Å²) < 4.78 is 10.4. The average molecular weight is 310 g/mol. The third-order valence-electron chi connectivity index (χ3n) is 4.04. The van der Waals surface area contributed by atoms with Gasteiger partial charge in [-0.3, -0.25) is 0 Å². The standard InChI is InChI=1S/C17H14N2O4/c1-9-6-7-13-11(8-9)15(19-17(21)23-13)14-10-4-2-3-5-12(10)22-16(20)18-14/h2-8,14-15H,1H3,(H,18,20)(H,19,21)/t14-,15+/m1/s1. The molecule has 0 spiro atoms. The van der Waals surface area contributed by atoms with E-state index in [9.17, 15) is 9.59 Å². The van der Waals surface area contributed by atoms with Gasteiger partial charge in [0.25, 0.3) is 0 Å². The zero-order valence-electron chi connectivity index (χ0n) is 12.3. The third kappa shape index (κ3) is 2.28. The number of hydrogen-bond donors (Lipinski definition) is 2. The lowest BCUT2D eigenvalue weighted by Crippen LogP contribution is -2.47. The van der Waals surface area contributed by atoms with Crippen LogP contribution in [0.25, 0.3) is 0 Å². The zero-order chi connectivity index (χ0) is 16.0. The molecule has 23 heavy (non-hydrogen) atoms. The number of benzene rings is 2. The number of fused-ring (bicyclic) bond motifs is 2. The topological polar surface area (TPSA) is 76.7 Å². The number of carbonyl (C=O) groups is 2. The van der Waals surface area contributed by atoms with Crippen LogP contribution in [0.2, 0.25) is 0 Å². The molecule has 0 aromatic heterocycles. The number of ether oxygens (including phenoxy) is 2. The molecule has 0 radical (unpaired) electrons. The second kappa shape index (κ2) is 5.01. The van der Waals surface area contributed by atoms with E-state index in [1.54, 1.807) is 18.2 Å². The van der Waals surface area contributed by atoms with Crippen LogP contribution < -0.4 is 20.1 Å². The summed E-state index contributed by atoms with van der Waals surface area (Å²) in [6.45, 7) is 1.96. The second-order valence-electron chi connectivity index (χ2n) is 5.60. The van der Waals surface area contributed by atoms with Gasteiger partial charge in [0.05, 0.1) is 12.1 Å². The van der Waals surface area contributed by atoms with Crippen LogP contribution in [-0.4, -0.2) is 12.2 Å². The summed E-state index contributed by atoms with van der Waals surface area (Å²) in [6, 6.07) is 12.0. The van der Waals surface area contributed by atoms with E-state index in [0.29, 0.717) is 11.5 Å². The minimum absolute atomic E-state index is 0.430. The van der Waals surface area contributed by atoms with Crippen molar-refractivity contribution in [2.45, 2.75) is 19.0 Å². The van der Waals surface area contributed by atoms with E-state index in [2.05, 4.69) is 10.6 Å². The lowest BCUT2D eigenvalue weighted by Gasteiger charge is -2.35. The van der Waals surface area contributed by atoms with Crippen molar-refractivity contribution < 1.29 is 19.1 Å². The van der Waals surface area contributed by atoms with Crippen LogP contribution >= 0.6 is 0 Å². The molecule has 2 N–H and O–H groups in total. The van der Waals surface area contributed by atoms with Crippen LogP contribution in [0, 0.1) is 6.92 Å². The SMILES string of the molecule is Cc1ccc2c(c1)[C@@H]([C@@H]1NC(=O)Oc3ccccc31)NC(=O)O2. The smallest absolute Gasteiger partial charge is 0.410 e. The van der Waals surface area contributed by atoms with Crippen molar-refractivity contribution in [3.8, 4) is 11.5 Å². The number of rotatable bonds is 1. The fraction of sp³-hybridized carbons (Fsp3) is 0.176. The Balaban J connectivity index is 1.84. The molecule has 2 aliphatic heterocycles. The van der Waals surface area contributed by atoms with Crippen molar-refractivity contribution in [2.24, 2.45) is 0 Å². The minimum Gasteiger partial charge on any atom is -0.410 e. The van der Waals surface area contributed by atoms with Gasteiger partial charge in [0.15, 0.2) is 0 Å². The van der Waals surface area contributed by atoms with Crippen molar-refractivity contribution in [1.29, 1.82) is 0 Å². The Bertz CT molecular complexity index is 818. The Hall–Kier alpha value is -3.02. The Labute approximate surface area is 132 Å². The van der Waals surface area contributed by atoms with Crippen molar-refractivity contribution in [1.82, 2.24) is 10.6 Å². The van der Waals surface area contributed by atoms with E-state index in [1.165, 1.54) is 0 Å². The van der Waals surface area contributed by atoms with E-state index in [-0.39, 0.29) is 0 Å². The maximum absolute atomic E-state index is 11.9. The van der Waals surface area contributed by atoms with Crippen LogP contribution in [-0.2, 0) is 0 Å². The maximum Gasteiger partial charge on any atom is 0.413 e. The van der Waals surface area contributed by atoms with Crippen LogP contribution in [0.3, 0.4) is 0 Å². The number of carbonyl (C=O) groups excluding carboxylic acids is 2. The molecule has 0 saturated heterocycles. The molecule has 0 fully saturated rings. The molecule has 2 atom stereocenters. The number of para-hydroxylation sites is 1. The Kier molecular flexibility index (Phi) is 2.97. The van der Waals surface area contributed by atoms with Gasteiger partial charge in [-0.25, -0.2) is 9.59 Å². The molecular weight excluding hydrogens is 296 g/mol. The van der Waals surface area contributed by atoms with E-state index in [1.807, 2.05) is 31.2 Å². The van der Waals surface area contributed by atoms with Crippen molar-refractivity contribution in [2.75, 3.05) is 0 Å². The van der Waals surface area contributed by atoms with Gasteiger partial charge in [-0.15, -0.1) is 0 Å². The highest BCUT2D eigenvalue weighted by Gasteiger charge is 2.38. The average Bonchev–Trinajstić information content (AvgIpc) is 2.53. The first-order chi connectivity index (χ1) is 11.1. The number of nitrogens with one attached hydrogen (secondary N) is 2. The van der Waals surface area contributed by atoms with Crippen molar-refractivity contribution in [3.63, 3.8) is 0 Å². The Morgan fingerprint density at radius 2 is 1.43 bits per heavy atom. The first-order valence-electron chi connectivity index (χ1n) is 7.28. The molecule has 116 valence electrons. The molecule has 0 aliphatic carbocycles. The monoisotopic (exact) mass is 310 g/mol. The van der Waals surface area contributed by atoms with Gasteiger partial charge in [-0.1, -0.05) is 35.9 Å². The normalized spacial score (nSPS) is 22.0. The molecule has 2 aromatic carbocycles. The summed E-state index contributed by atoms with van der Waals surface area (Å²) in [5, 5.41) is 5.59. The predicted molar refractivity (Wildman–Crippen MR) is 81.4 cm³/mol. The van der Waals surface area contributed by atoms with Gasteiger partial charge in [-0.2, -0.15) is 0 Å². The summed E-state index contributed by atoms with van der Waals surface area (Å²) in [5.74, 6) is 0.999. The van der Waals surface area contributed by atoms with Gasteiger partial charge in [0, 0.05) is 11.1 Å².